The molecule has 1 amide bonds. The van der Waals surface area contributed by atoms with E-state index in [4.69, 9.17) is 16.6 Å². The van der Waals surface area contributed by atoms with Crippen molar-refractivity contribution in [1.82, 2.24) is 24.4 Å². The van der Waals surface area contributed by atoms with Crippen LogP contribution in [0.5, 0.6) is 0 Å². The number of aromatic nitrogens is 4. The zero-order chi connectivity index (χ0) is 28.9. The fourth-order valence-electron chi connectivity index (χ4n) is 5.45. The van der Waals surface area contributed by atoms with Crippen LogP contribution in [0.15, 0.2) is 46.5 Å². The van der Waals surface area contributed by atoms with Crippen LogP contribution in [0.25, 0.3) is 28.0 Å². The largest absolute Gasteiger partial charge is 0.355 e. The summed E-state index contributed by atoms with van der Waals surface area (Å²) in [6, 6.07) is 3.56. The van der Waals surface area contributed by atoms with Gasteiger partial charge < -0.3 is 9.80 Å². The van der Waals surface area contributed by atoms with E-state index in [2.05, 4.69) is 40.7 Å². The van der Waals surface area contributed by atoms with Gasteiger partial charge in [-0.3, -0.25) is 9.78 Å². The second-order valence-electron chi connectivity index (χ2n) is 10.8. The SMILES string of the molecule is C=CC(=O)N1CC(C)N(c2nc(=O)n(-c3c(C)ccnc3C(C)C)c3nc(-c4cscc4C)c(Cl)cc23)CC1C. The zero-order valence-electron chi connectivity index (χ0n) is 23.6. The summed E-state index contributed by atoms with van der Waals surface area (Å²) in [5, 5.41) is 5.23. The highest BCUT2D eigenvalue weighted by Crippen LogP contribution is 2.37. The first-order valence-corrected chi connectivity index (χ1v) is 14.7. The molecule has 0 N–H and O–H groups in total. The van der Waals surface area contributed by atoms with Crippen LogP contribution in [-0.4, -0.2) is 55.5 Å². The molecule has 0 aromatic carbocycles. The van der Waals surface area contributed by atoms with Crippen molar-refractivity contribution < 1.29 is 4.79 Å². The van der Waals surface area contributed by atoms with Gasteiger partial charge in [0.15, 0.2) is 5.65 Å². The van der Waals surface area contributed by atoms with Crippen LogP contribution in [0.2, 0.25) is 5.02 Å². The van der Waals surface area contributed by atoms with Gasteiger partial charge in [-0.2, -0.15) is 16.3 Å². The molecule has 0 radical (unpaired) electrons. The number of amides is 1. The number of carbonyl (C=O) groups is 1. The summed E-state index contributed by atoms with van der Waals surface area (Å²) in [5.41, 5.74) is 5.04. The number of aryl methyl sites for hydroxylation is 2. The predicted octanol–water partition coefficient (Wildman–Crippen LogP) is 5.91. The molecule has 2 unspecified atom stereocenters. The Hall–Kier alpha value is -3.56. The number of rotatable bonds is 5. The van der Waals surface area contributed by atoms with E-state index >= 15 is 0 Å². The normalized spacial score (nSPS) is 17.6. The van der Waals surface area contributed by atoms with Crippen LogP contribution >= 0.6 is 22.9 Å². The number of anilines is 1. The Morgan fingerprint density at radius 1 is 1.15 bits per heavy atom. The first-order valence-electron chi connectivity index (χ1n) is 13.3. The van der Waals surface area contributed by atoms with Crippen molar-refractivity contribution >= 4 is 45.7 Å². The molecule has 5 rings (SSSR count). The second kappa shape index (κ2) is 10.8. The van der Waals surface area contributed by atoms with Crippen LogP contribution < -0.4 is 10.6 Å². The Morgan fingerprint density at radius 3 is 2.55 bits per heavy atom. The topological polar surface area (TPSA) is 84.2 Å². The third-order valence-electron chi connectivity index (χ3n) is 7.55. The lowest BCUT2D eigenvalue weighted by atomic mass is 10.0. The van der Waals surface area contributed by atoms with Gasteiger partial charge in [-0.25, -0.2) is 14.3 Å². The number of hydrogen-bond acceptors (Lipinski definition) is 7. The molecular formula is C30H33ClN6O2S. The number of pyridine rings is 2. The summed E-state index contributed by atoms with van der Waals surface area (Å²) < 4.78 is 1.59. The van der Waals surface area contributed by atoms with Gasteiger partial charge in [-0.1, -0.05) is 32.0 Å². The highest BCUT2D eigenvalue weighted by atomic mass is 35.5. The number of piperazine rings is 1. The molecule has 40 heavy (non-hydrogen) atoms. The molecule has 4 aromatic heterocycles. The summed E-state index contributed by atoms with van der Waals surface area (Å²) in [6.07, 6.45) is 3.11. The molecule has 0 saturated carbocycles. The Labute approximate surface area is 243 Å². The number of halogens is 1. The van der Waals surface area contributed by atoms with Crippen molar-refractivity contribution in [3.63, 3.8) is 0 Å². The number of hydrogen-bond donors (Lipinski definition) is 0. The van der Waals surface area contributed by atoms with Crippen LogP contribution in [-0.2, 0) is 4.79 Å². The minimum atomic E-state index is -0.437. The van der Waals surface area contributed by atoms with Gasteiger partial charge in [0.25, 0.3) is 0 Å². The summed E-state index contributed by atoms with van der Waals surface area (Å²) in [7, 11) is 0. The third-order valence-corrected chi connectivity index (χ3v) is 8.70. The van der Waals surface area contributed by atoms with Crippen molar-refractivity contribution in [2.75, 3.05) is 18.0 Å². The fraction of sp³-hybridized carbons (Fsp3) is 0.367. The Morgan fingerprint density at radius 2 is 1.90 bits per heavy atom. The van der Waals surface area contributed by atoms with Gasteiger partial charge in [0.1, 0.15) is 5.82 Å². The molecule has 2 atom stereocenters. The van der Waals surface area contributed by atoms with Crippen LogP contribution in [0.4, 0.5) is 5.82 Å². The number of thiophene rings is 1. The molecule has 0 aliphatic carbocycles. The molecule has 10 heteroatoms. The predicted molar refractivity (Wildman–Crippen MR) is 163 cm³/mol. The fourth-order valence-corrected chi connectivity index (χ4v) is 6.53. The summed E-state index contributed by atoms with van der Waals surface area (Å²) in [5.74, 6) is 0.469. The third kappa shape index (κ3) is 4.71. The lowest BCUT2D eigenvalue weighted by Crippen LogP contribution is -2.58. The average Bonchev–Trinajstić information content (AvgIpc) is 3.34. The molecule has 208 valence electrons. The van der Waals surface area contributed by atoms with E-state index in [1.807, 2.05) is 45.2 Å². The summed E-state index contributed by atoms with van der Waals surface area (Å²) >= 11 is 8.49. The van der Waals surface area contributed by atoms with Crippen LogP contribution in [0.1, 0.15) is 50.4 Å². The van der Waals surface area contributed by atoms with Gasteiger partial charge in [-0.15, -0.1) is 0 Å². The molecule has 0 spiro atoms. The van der Waals surface area contributed by atoms with Crippen molar-refractivity contribution in [2.24, 2.45) is 0 Å². The van der Waals surface area contributed by atoms with Crippen molar-refractivity contribution in [2.45, 2.75) is 59.5 Å². The maximum absolute atomic E-state index is 14.0. The maximum atomic E-state index is 14.0. The van der Waals surface area contributed by atoms with Gasteiger partial charge in [0.2, 0.25) is 5.91 Å². The van der Waals surface area contributed by atoms with E-state index < -0.39 is 5.69 Å². The van der Waals surface area contributed by atoms with E-state index in [1.54, 1.807) is 27.0 Å². The molecule has 1 aliphatic heterocycles. The van der Waals surface area contributed by atoms with E-state index in [-0.39, 0.29) is 23.9 Å². The summed E-state index contributed by atoms with van der Waals surface area (Å²) in [6.45, 7) is 16.7. The van der Waals surface area contributed by atoms with Crippen molar-refractivity contribution in [1.29, 1.82) is 0 Å². The standard InChI is InChI=1S/C30H33ClN6O2S/c1-8-24(38)35-12-20(7)36(13-19(35)6)28-21-11-23(31)26(22-15-40-14-18(22)5)33-29(21)37(30(39)34-28)27-17(4)9-10-32-25(27)16(2)3/h8-11,14-16,19-20H,1,12-13H2,2-7H3. The van der Waals surface area contributed by atoms with Crippen molar-refractivity contribution in [3.8, 4) is 16.9 Å². The lowest BCUT2D eigenvalue weighted by Gasteiger charge is -2.44. The number of fused-ring (bicyclic) bond motifs is 1. The van der Waals surface area contributed by atoms with E-state index in [9.17, 15) is 9.59 Å². The molecule has 0 bridgehead atoms. The molecule has 8 nitrogen and oxygen atoms in total. The van der Waals surface area contributed by atoms with E-state index in [1.165, 1.54) is 6.08 Å². The first-order chi connectivity index (χ1) is 19.0. The molecule has 1 saturated heterocycles. The number of nitrogens with zero attached hydrogens (tertiary/aromatic N) is 6. The monoisotopic (exact) mass is 576 g/mol. The van der Waals surface area contributed by atoms with Gasteiger partial charge in [0, 0.05) is 42.3 Å². The Kier molecular flexibility index (Phi) is 7.54. The van der Waals surface area contributed by atoms with E-state index in [0.29, 0.717) is 46.3 Å². The van der Waals surface area contributed by atoms with Crippen LogP contribution in [0, 0.1) is 13.8 Å². The van der Waals surface area contributed by atoms with Gasteiger partial charge >= 0.3 is 5.69 Å². The van der Waals surface area contributed by atoms with Gasteiger partial charge in [0.05, 0.1) is 27.5 Å². The second-order valence-corrected chi connectivity index (χ2v) is 11.9. The zero-order valence-corrected chi connectivity index (χ0v) is 25.2. The minimum absolute atomic E-state index is 0.0683. The lowest BCUT2D eigenvalue weighted by molar-refractivity contribution is -0.128. The average molecular weight is 577 g/mol. The Balaban J connectivity index is 1.82. The minimum Gasteiger partial charge on any atom is -0.349 e. The quantitative estimate of drug-likeness (QED) is 0.275. The van der Waals surface area contributed by atoms with Crippen LogP contribution in [0.3, 0.4) is 0 Å². The Bertz CT molecular complexity index is 1690. The first kappa shape index (κ1) is 28.0. The molecule has 1 aliphatic rings. The van der Waals surface area contributed by atoms with Crippen molar-refractivity contribution in [3.05, 3.63) is 74.1 Å². The van der Waals surface area contributed by atoms with E-state index in [0.717, 1.165) is 22.4 Å². The smallest absolute Gasteiger partial charge is 0.349 e. The number of carbonyl (C=O) groups excluding carboxylic acids is 1. The summed E-state index contributed by atoms with van der Waals surface area (Å²) in [4.78, 5) is 44.7. The molecule has 5 heterocycles. The highest BCUT2D eigenvalue weighted by molar-refractivity contribution is 7.08. The maximum Gasteiger partial charge on any atom is 0.355 e. The molecular weight excluding hydrogens is 544 g/mol. The van der Waals surface area contributed by atoms with Gasteiger partial charge in [-0.05, 0) is 68.3 Å². The molecule has 1 fully saturated rings. The highest BCUT2D eigenvalue weighted by Gasteiger charge is 2.34. The molecule has 4 aromatic rings.